The van der Waals surface area contributed by atoms with E-state index in [1.807, 2.05) is 0 Å². The van der Waals surface area contributed by atoms with Gasteiger partial charge in [-0.15, -0.1) is 0 Å². The normalized spacial score (nSPS) is 12.2. The number of nitrogens with zero attached hydrogens (tertiary/aromatic N) is 1. The highest BCUT2D eigenvalue weighted by molar-refractivity contribution is 7.92. The van der Waals surface area contributed by atoms with Gasteiger partial charge in [0.15, 0.2) is 10.1 Å². The Hall–Kier alpha value is -2.63. The van der Waals surface area contributed by atoms with Crippen molar-refractivity contribution in [2.24, 2.45) is 0 Å². The van der Waals surface area contributed by atoms with Gasteiger partial charge < -0.3 is 14.3 Å². The van der Waals surface area contributed by atoms with Crippen LogP contribution in [0, 0.1) is 0 Å². The molecule has 0 bridgehead atoms. The number of aromatic nitrogens is 2. The number of anilines is 1. The Morgan fingerprint density at radius 3 is 2.52 bits per heavy atom. The first-order valence-electron chi connectivity index (χ1n) is 6.82. The number of H-pyrrole nitrogens is 1. The fourth-order valence-corrected chi connectivity index (χ4v) is 3.72. The monoisotopic (exact) mass is 382 g/mol. The van der Waals surface area contributed by atoms with Crippen molar-refractivity contribution in [1.29, 1.82) is 0 Å². The Labute approximate surface area is 143 Å². The van der Waals surface area contributed by atoms with Crippen molar-refractivity contribution in [2.75, 3.05) is 11.8 Å². The number of benzene rings is 2. The Morgan fingerprint density at radius 1 is 1.12 bits per heavy atom. The van der Waals surface area contributed by atoms with Gasteiger partial charge in [-0.05, 0) is 30.3 Å². The van der Waals surface area contributed by atoms with Crippen LogP contribution in [0.1, 0.15) is 0 Å². The molecule has 0 atom stereocenters. The second kappa shape index (κ2) is 6.02. The summed E-state index contributed by atoms with van der Waals surface area (Å²) >= 11 is 0. The van der Waals surface area contributed by atoms with Gasteiger partial charge in [-0.2, -0.15) is 0 Å². The molecule has 1 heterocycles. The molecule has 25 heavy (non-hydrogen) atoms. The topological polar surface area (TPSA) is 141 Å². The average Bonchev–Trinajstić information content (AvgIpc) is 2.98. The molecular weight excluding hydrogens is 370 g/mol. The summed E-state index contributed by atoms with van der Waals surface area (Å²) in [5.41, 5.74) is 0.514. The van der Waals surface area contributed by atoms with Crippen LogP contribution in [-0.2, 0) is 20.1 Å². The number of para-hydroxylation sites is 2. The molecule has 0 aliphatic carbocycles. The van der Waals surface area contributed by atoms with Gasteiger partial charge in [0.2, 0.25) is 5.16 Å². The number of imidazole rings is 1. The largest absolute Gasteiger partial charge is 0.742 e. The highest BCUT2D eigenvalue weighted by Gasteiger charge is 2.18. The lowest BCUT2D eigenvalue weighted by atomic mass is 10.3. The number of aromatic amines is 1. The van der Waals surface area contributed by atoms with Crippen molar-refractivity contribution in [2.45, 2.75) is 10.1 Å². The molecule has 0 amide bonds. The van der Waals surface area contributed by atoms with Gasteiger partial charge >= 0.3 is 0 Å². The van der Waals surface area contributed by atoms with Crippen LogP contribution in [0.3, 0.4) is 0 Å². The lowest BCUT2D eigenvalue weighted by Crippen LogP contribution is -2.13. The Kier molecular flexibility index (Phi) is 4.14. The first-order valence-corrected chi connectivity index (χ1v) is 9.71. The second-order valence-corrected chi connectivity index (χ2v) is 7.96. The summed E-state index contributed by atoms with van der Waals surface area (Å²) in [7, 11) is -7.33. The molecule has 132 valence electrons. The minimum atomic E-state index is -4.77. The number of sulfonamides is 1. The van der Waals surface area contributed by atoms with Crippen LogP contribution in [0.4, 0.5) is 5.69 Å². The number of ether oxygens (including phenoxy) is 1. The zero-order valence-electron chi connectivity index (χ0n) is 12.8. The van der Waals surface area contributed by atoms with Gasteiger partial charge in [-0.1, -0.05) is 12.1 Å². The van der Waals surface area contributed by atoms with Crippen LogP contribution < -0.4 is 9.46 Å². The van der Waals surface area contributed by atoms with Gasteiger partial charge in [-0.25, -0.2) is 21.8 Å². The smallest absolute Gasteiger partial charge is 0.262 e. The average molecular weight is 382 g/mol. The molecule has 3 aromatic rings. The molecule has 3 rings (SSSR count). The van der Waals surface area contributed by atoms with Crippen molar-refractivity contribution in [1.82, 2.24) is 9.97 Å². The molecule has 0 unspecified atom stereocenters. The van der Waals surface area contributed by atoms with Crippen LogP contribution in [0.25, 0.3) is 11.0 Å². The van der Waals surface area contributed by atoms with Crippen molar-refractivity contribution in [3.8, 4) is 5.75 Å². The molecule has 2 aromatic carbocycles. The van der Waals surface area contributed by atoms with Gasteiger partial charge in [-0.3, -0.25) is 4.72 Å². The van der Waals surface area contributed by atoms with E-state index < -0.39 is 25.3 Å². The van der Waals surface area contributed by atoms with Crippen molar-refractivity contribution >= 4 is 36.9 Å². The molecule has 0 saturated heterocycles. The number of nitrogens with one attached hydrogen (secondary N) is 2. The lowest BCUT2D eigenvalue weighted by Gasteiger charge is -2.11. The van der Waals surface area contributed by atoms with E-state index in [9.17, 15) is 21.4 Å². The summed E-state index contributed by atoms with van der Waals surface area (Å²) in [6.07, 6.45) is 0. The summed E-state index contributed by atoms with van der Waals surface area (Å²) in [5, 5.41) is -0.769. The molecule has 0 fully saturated rings. The van der Waals surface area contributed by atoms with E-state index in [0.717, 1.165) is 0 Å². The third kappa shape index (κ3) is 3.43. The van der Waals surface area contributed by atoms with Gasteiger partial charge in [0.05, 0.1) is 28.7 Å². The molecule has 11 heteroatoms. The zero-order chi connectivity index (χ0) is 18.2. The number of hydrogen-bond acceptors (Lipinski definition) is 7. The molecule has 1 aromatic heterocycles. The van der Waals surface area contributed by atoms with E-state index in [1.165, 1.54) is 31.4 Å². The van der Waals surface area contributed by atoms with E-state index >= 15 is 0 Å². The Balaban J connectivity index is 2.02. The van der Waals surface area contributed by atoms with Crippen molar-refractivity contribution in [3.63, 3.8) is 0 Å². The van der Waals surface area contributed by atoms with Crippen LogP contribution in [-0.4, -0.2) is 38.5 Å². The summed E-state index contributed by atoms with van der Waals surface area (Å²) in [6, 6.07) is 10.2. The van der Waals surface area contributed by atoms with Crippen molar-refractivity contribution < 1.29 is 26.1 Å². The van der Waals surface area contributed by atoms with E-state index in [4.69, 9.17) is 4.74 Å². The van der Waals surface area contributed by atoms with Gasteiger partial charge in [0, 0.05) is 0 Å². The highest BCUT2D eigenvalue weighted by Crippen LogP contribution is 2.27. The highest BCUT2D eigenvalue weighted by atomic mass is 32.2. The first-order chi connectivity index (χ1) is 11.7. The van der Waals surface area contributed by atoms with E-state index in [0.29, 0.717) is 5.75 Å². The van der Waals surface area contributed by atoms with E-state index in [2.05, 4.69) is 14.7 Å². The fourth-order valence-electron chi connectivity index (χ4n) is 2.18. The van der Waals surface area contributed by atoms with Crippen LogP contribution >= 0.6 is 0 Å². The number of methoxy groups -OCH3 is 1. The second-order valence-electron chi connectivity index (χ2n) is 4.98. The van der Waals surface area contributed by atoms with Gasteiger partial charge in [0.25, 0.3) is 10.0 Å². The Bertz CT molecular complexity index is 1150. The molecule has 0 aliphatic heterocycles. The SMILES string of the molecule is COc1ccccc1NS(=O)(=O)c1ccc2nc(S(=O)(=O)[O-])[nH]c2c1. The molecule has 0 radical (unpaired) electrons. The van der Waals surface area contributed by atoms with Crippen molar-refractivity contribution in [3.05, 3.63) is 42.5 Å². The maximum atomic E-state index is 12.5. The number of hydrogen-bond donors (Lipinski definition) is 2. The molecule has 2 N–H and O–H groups in total. The molecule has 0 spiro atoms. The van der Waals surface area contributed by atoms with E-state index in [-0.39, 0.29) is 21.6 Å². The van der Waals surface area contributed by atoms with Crippen LogP contribution in [0.15, 0.2) is 52.5 Å². The maximum absolute atomic E-state index is 12.5. The first kappa shape index (κ1) is 17.2. The van der Waals surface area contributed by atoms with Crippen LogP contribution in [0.5, 0.6) is 5.75 Å². The predicted molar refractivity (Wildman–Crippen MR) is 87.9 cm³/mol. The molecular formula is C14H12N3O6S2-. The molecule has 9 nitrogen and oxygen atoms in total. The summed E-state index contributed by atoms with van der Waals surface area (Å²) in [4.78, 5) is 5.80. The zero-order valence-corrected chi connectivity index (χ0v) is 14.4. The third-order valence-electron chi connectivity index (χ3n) is 3.33. The molecule has 0 aliphatic rings. The lowest BCUT2D eigenvalue weighted by molar-refractivity contribution is 0.417. The maximum Gasteiger partial charge on any atom is 0.262 e. The van der Waals surface area contributed by atoms with Gasteiger partial charge in [0.1, 0.15) is 5.75 Å². The predicted octanol–water partition coefficient (Wildman–Crippen LogP) is 1.28. The standard InChI is InChI=1S/C14H13N3O6S2/c1-23-13-5-3-2-4-11(13)17-24(18,19)9-6-7-10-12(8-9)16-14(15-10)25(20,21)22/h2-8,17H,1H3,(H,15,16)(H,20,21,22)/p-1. The Morgan fingerprint density at radius 2 is 1.84 bits per heavy atom. The molecule has 0 saturated carbocycles. The number of rotatable bonds is 5. The number of fused-ring (bicyclic) bond motifs is 1. The minimum absolute atomic E-state index is 0.109. The summed E-state index contributed by atoms with van der Waals surface area (Å²) < 4.78 is 65.6. The summed E-state index contributed by atoms with van der Waals surface area (Å²) in [6.45, 7) is 0. The van der Waals surface area contributed by atoms with E-state index in [1.54, 1.807) is 18.2 Å². The van der Waals surface area contributed by atoms with Crippen LogP contribution in [0.2, 0.25) is 0 Å². The summed E-state index contributed by atoms with van der Waals surface area (Å²) in [5.74, 6) is 0.341. The minimum Gasteiger partial charge on any atom is -0.742 e. The third-order valence-corrected chi connectivity index (χ3v) is 5.36. The fraction of sp³-hybridized carbons (Fsp3) is 0.0714. The quantitative estimate of drug-likeness (QED) is 0.633.